The van der Waals surface area contributed by atoms with Crippen molar-refractivity contribution in [2.24, 2.45) is 0 Å². The molecule has 0 aromatic carbocycles. The molecule has 0 unspecified atom stereocenters. The molecule has 2 nitrogen and oxygen atoms in total. The Morgan fingerprint density at radius 2 is 2.67 bits per heavy atom. The van der Waals surface area contributed by atoms with E-state index in [0.29, 0.717) is 6.61 Å². The number of hydrogen-bond donors (Lipinski definition) is 0. The summed E-state index contributed by atoms with van der Waals surface area (Å²) in [6, 6.07) is 3.64. The van der Waals surface area contributed by atoms with Crippen LogP contribution < -0.4 is 0 Å². The fraction of sp³-hybridized carbons (Fsp3) is 0.143. The zero-order chi connectivity index (χ0) is 6.53. The summed E-state index contributed by atoms with van der Waals surface area (Å²) >= 11 is 0. The lowest BCUT2D eigenvalue weighted by Gasteiger charge is -1.91. The van der Waals surface area contributed by atoms with Crippen molar-refractivity contribution in [2.45, 2.75) is 6.61 Å². The molecule has 0 amide bonds. The quantitative estimate of drug-likeness (QED) is 0.571. The molecule has 1 heterocycles. The van der Waals surface area contributed by atoms with Crippen molar-refractivity contribution in [3.63, 3.8) is 0 Å². The molecule has 1 radical (unpaired) electrons. The Balaban J connectivity index is 2.38. The Hall–Kier alpha value is -1.18. The molecule has 0 fully saturated rings. The van der Waals surface area contributed by atoms with Crippen LogP contribution in [-0.2, 0) is 11.3 Å². The van der Waals surface area contributed by atoms with Crippen LogP contribution in [-0.4, -0.2) is 0 Å². The maximum absolute atomic E-state index is 4.94. The molecule has 0 aliphatic heterocycles. The molecular formula is C7H7O2. The monoisotopic (exact) mass is 123 g/mol. The van der Waals surface area contributed by atoms with Crippen molar-refractivity contribution in [3.8, 4) is 0 Å². The minimum Gasteiger partial charge on any atom is -0.482 e. The van der Waals surface area contributed by atoms with Gasteiger partial charge in [0.05, 0.1) is 6.26 Å². The summed E-state index contributed by atoms with van der Waals surface area (Å²) < 4.78 is 9.67. The molecule has 1 rings (SSSR count). The number of ether oxygens (including phenoxy) is 1. The number of hydrogen-bond acceptors (Lipinski definition) is 2. The Labute approximate surface area is 53.7 Å². The van der Waals surface area contributed by atoms with Crippen LogP contribution in [0.1, 0.15) is 5.76 Å². The SMILES string of the molecule is C=[C]OCc1ccco1. The summed E-state index contributed by atoms with van der Waals surface area (Å²) in [5.74, 6) is 0.783. The van der Waals surface area contributed by atoms with Crippen LogP contribution in [0.2, 0.25) is 0 Å². The zero-order valence-corrected chi connectivity index (χ0v) is 4.96. The van der Waals surface area contributed by atoms with Crippen molar-refractivity contribution < 1.29 is 9.15 Å². The van der Waals surface area contributed by atoms with Gasteiger partial charge in [-0.3, -0.25) is 0 Å². The fourth-order valence-electron chi connectivity index (χ4n) is 0.517. The maximum atomic E-state index is 4.94. The maximum Gasteiger partial charge on any atom is 0.154 e. The second kappa shape index (κ2) is 2.97. The molecule has 0 atom stereocenters. The van der Waals surface area contributed by atoms with E-state index in [1.54, 1.807) is 6.26 Å². The minimum atomic E-state index is 0.413. The molecule has 0 aliphatic rings. The van der Waals surface area contributed by atoms with Gasteiger partial charge in [-0.1, -0.05) is 6.58 Å². The zero-order valence-electron chi connectivity index (χ0n) is 4.96. The lowest BCUT2D eigenvalue weighted by Crippen LogP contribution is -1.80. The Morgan fingerprint density at radius 1 is 1.78 bits per heavy atom. The van der Waals surface area contributed by atoms with Crippen LogP contribution in [0.5, 0.6) is 0 Å². The number of furan rings is 1. The van der Waals surface area contributed by atoms with Gasteiger partial charge in [0.15, 0.2) is 6.26 Å². The molecule has 1 aromatic heterocycles. The van der Waals surface area contributed by atoms with E-state index in [4.69, 9.17) is 9.15 Å². The van der Waals surface area contributed by atoms with E-state index < -0.39 is 0 Å². The Kier molecular flexibility index (Phi) is 1.96. The molecule has 0 N–H and O–H groups in total. The van der Waals surface area contributed by atoms with E-state index in [9.17, 15) is 0 Å². The lowest BCUT2D eigenvalue weighted by atomic mass is 10.5. The highest BCUT2D eigenvalue weighted by molar-refractivity contribution is 4.96. The van der Waals surface area contributed by atoms with Crippen molar-refractivity contribution in [1.29, 1.82) is 0 Å². The molecule has 2 heteroatoms. The predicted molar refractivity (Wildman–Crippen MR) is 32.4 cm³/mol. The van der Waals surface area contributed by atoms with Crippen molar-refractivity contribution in [1.82, 2.24) is 0 Å². The summed E-state index contributed by atoms with van der Waals surface area (Å²) in [6.07, 6.45) is 3.89. The third-order valence-electron chi connectivity index (χ3n) is 0.897. The summed E-state index contributed by atoms with van der Waals surface area (Å²) in [4.78, 5) is 0. The van der Waals surface area contributed by atoms with E-state index in [1.165, 1.54) is 0 Å². The minimum absolute atomic E-state index is 0.413. The van der Waals surface area contributed by atoms with Gasteiger partial charge in [0.25, 0.3) is 0 Å². The van der Waals surface area contributed by atoms with E-state index in [2.05, 4.69) is 12.8 Å². The average Bonchev–Trinajstić information content (AvgIpc) is 2.34. The predicted octanol–water partition coefficient (Wildman–Crippen LogP) is 1.74. The third-order valence-corrected chi connectivity index (χ3v) is 0.897. The third kappa shape index (κ3) is 1.64. The molecule has 0 aliphatic carbocycles. The van der Waals surface area contributed by atoms with Gasteiger partial charge in [0.2, 0.25) is 0 Å². The highest BCUT2D eigenvalue weighted by Crippen LogP contribution is 2.00. The van der Waals surface area contributed by atoms with Gasteiger partial charge in [0.1, 0.15) is 12.4 Å². The summed E-state index contributed by atoms with van der Waals surface area (Å²) in [6.45, 7) is 3.68. The van der Waals surface area contributed by atoms with Crippen molar-refractivity contribution >= 4 is 0 Å². The van der Waals surface area contributed by atoms with E-state index in [0.717, 1.165) is 5.76 Å². The van der Waals surface area contributed by atoms with Crippen molar-refractivity contribution in [3.05, 3.63) is 37.0 Å². The van der Waals surface area contributed by atoms with Gasteiger partial charge in [-0.15, -0.1) is 0 Å². The van der Waals surface area contributed by atoms with Crippen LogP contribution in [0.25, 0.3) is 0 Å². The van der Waals surface area contributed by atoms with Gasteiger partial charge < -0.3 is 9.15 Å². The van der Waals surface area contributed by atoms with E-state index in [1.807, 2.05) is 12.1 Å². The first-order chi connectivity index (χ1) is 4.43. The Morgan fingerprint density at radius 3 is 3.22 bits per heavy atom. The molecule has 0 bridgehead atoms. The summed E-state index contributed by atoms with van der Waals surface area (Å²) in [5.41, 5.74) is 0. The van der Waals surface area contributed by atoms with Gasteiger partial charge >= 0.3 is 0 Å². The van der Waals surface area contributed by atoms with Gasteiger partial charge in [-0.05, 0) is 12.1 Å². The smallest absolute Gasteiger partial charge is 0.154 e. The largest absolute Gasteiger partial charge is 0.482 e. The normalized spacial score (nSPS) is 8.89. The van der Waals surface area contributed by atoms with Gasteiger partial charge in [0, 0.05) is 0 Å². The fourth-order valence-corrected chi connectivity index (χ4v) is 0.517. The van der Waals surface area contributed by atoms with Crippen LogP contribution in [0.3, 0.4) is 0 Å². The van der Waals surface area contributed by atoms with E-state index in [-0.39, 0.29) is 0 Å². The van der Waals surface area contributed by atoms with E-state index >= 15 is 0 Å². The van der Waals surface area contributed by atoms with Crippen LogP contribution in [0, 0.1) is 6.26 Å². The topological polar surface area (TPSA) is 22.4 Å². The molecule has 1 aromatic rings. The second-order valence-corrected chi connectivity index (χ2v) is 1.51. The first-order valence-electron chi connectivity index (χ1n) is 2.60. The molecule has 0 saturated carbocycles. The van der Waals surface area contributed by atoms with Crippen LogP contribution >= 0.6 is 0 Å². The average molecular weight is 123 g/mol. The Bertz CT molecular complexity index is 165. The highest BCUT2D eigenvalue weighted by Gasteiger charge is 1.90. The standard InChI is InChI=1S/C7H7O2/c1-2-8-6-7-4-3-5-9-7/h3-5H,1,6H2. The van der Waals surface area contributed by atoms with Gasteiger partial charge in [-0.2, -0.15) is 0 Å². The van der Waals surface area contributed by atoms with Crippen LogP contribution in [0.4, 0.5) is 0 Å². The summed E-state index contributed by atoms with van der Waals surface area (Å²) in [7, 11) is 0. The van der Waals surface area contributed by atoms with Gasteiger partial charge in [-0.25, -0.2) is 0 Å². The first-order valence-corrected chi connectivity index (χ1v) is 2.60. The molecule has 9 heavy (non-hydrogen) atoms. The highest BCUT2D eigenvalue weighted by atomic mass is 16.5. The van der Waals surface area contributed by atoms with Crippen LogP contribution in [0.15, 0.2) is 29.4 Å². The molecular weight excluding hydrogens is 116 g/mol. The second-order valence-electron chi connectivity index (χ2n) is 1.51. The number of rotatable bonds is 3. The summed E-state index contributed by atoms with van der Waals surface area (Å²) in [5, 5.41) is 0. The molecule has 47 valence electrons. The molecule has 0 saturated heterocycles. The first kappa shape index (κ1) is 5.95. The lowest BCUT2D eigenvalue weighted by molar-refractivity contribution is 0.193. The van der Waals surface area contributed by atoms with Crippen molar-refractivity contribution in [2.75, 3.05) is 0 Å². The molecule has 0 spiro atoms.